The summed E-state index contributed by atoms with van der Waals surface area (Å²) >= 11 is 0. The lowest BCUT2D eigenvalue weighted by atomic mass is 9.86. The number of hydrogen-bond donors (Lipinski definition) is 0. The number of carbonyl (C=O) groups is 2. The minimum atomic E-state index is -0.787. The summed E-state index contributed by atoms with van der Waals surface area (Å²) in [6.07, 6.45) is 0.993. The first-order chi connectivity index (χ1) is 9.36. The fourth-order valence-corrected chi connectivity index (χ4v) is 2.83. The molecule has 1 aliphatic heterocycles. The number of likely N-dealkylation sites (tertiary alicyclic amines) is 1. The first-order valence-corrected chi connectivity index (χ1v) is 6.83. The van der Waals surface area contributed by atoms with E-state index in [2.05, 4.69) is 6.07 Å². The molecule has 2 rings (SSSR count). The van der Waals surface area contributed by atoms with Gasteiger partial charge in [-0.2, -0.15) is 0 Å². The summed E-state index contributed by atoms with van der Waals surface area (Å²) in [4.78, 5) is 25.8. The lowest BCUT2D eigenvalue weighted by molar-refractivity contribution is -0.171. The van der Waals surface area contributed by atoms with E-state index in [1.807, 2.05) is 26.0 Å². The van der Waals surface area contributed by atoms with E-state index in [0.717, 1.165) is 16.7 Å². The predicted octanol–water partition coefficient (Wildman–Crippen LogP) is 2.01. The molecule has 0 aromatic heterocycles. The van der Waals surface area contributed by atoms with E-state index in [4.69, 9.17) is 4.74 Å². The molecule has 1 saturated heterocycles. The zero-order valence-corrected chi connectivity index (χ0v) is 12.5. The zero-order valence-electron chi connectivity index (χ0n) is 12.5. The number of nitrogens with zero attached hydrogens (tertiary/aromatic N) is 1. The van der Waals surface area contributed by atoms with Crippen LogP contribution in [0.1, 0.15) is 30.0 Å². The maximum atomic E-state index is 12.4. The fraction of sp³-hybridized carbons (Fsp3) is 0.500. The van der Waals surface area contributed by atoms with Gasteiger partial charge in [0.25, 0.3) is 0 Å². The van der Waals surface area contributed by atoms with Gasteiger partial charge in [-0.1, -0.05) is 29.3 Å². The SMILES string of the molecule is COC(=O)C1(C)CCN1C(=O)Cc1cc(C)cc(C)c1. The third-order valence-electron chi connectivity index (χ3n) is 3.98. The predicted molar refractivity (Wildman–Crippen MR) is 76.4 cm³/mol. The van der Waals surface area contributed by atoms with Crippen LogP contribution in [0.2, 0.25) is 0 Å². The Morgan fingerprint density at radius 3 is 2.30 bits per heavy atom. The summed E-state index contributed by atoms with van der Waals surface area (Å²) < 4.78 is 4.79. The molecule has 1 amide bonds. The summed E-state index contributed by atoms with van der Waals surface area (Å²) in [6.45, 7) is 6.42. The van der Waals surface area contributed by atoms with Crippen LogP contribution in [0.25, 0.3) is 0 Å². The molecule has 1 atom stereocenters. The van der Waals surface area contributed by atoms with E-state index in [-0.39, 0.29) is 11.9 Å². The summed E-state index contributed by atoms with van der Waals surface area (Å²) in [7, 11) is 1.36. The van der Waals surface area contributed by atoms with E-state index >= 15 is 0 Å². The summed E-state index contributed by atoms with van der Waals surface area (Å²) in [5.74, 6) is -0.355. The number of hydrogen-bond acceptors (Lipinski definition) is 3. The highest BCUT2D eigenvalue weighted by atomic mass is 16.5. The van der Waals surface area contributed by atoms with E-state index in [9.17, 15) is 9.59 Å². The monoisotopic (exact) mass is 275 g/mol. The lowest BCUT2D eigenvalue weighted by Crippen LogP contribution is -2.65. The van der Waals surface area contributed by atoms with Crippen LogP contribution in [0, 0.1) is 13.8 Å². The molecule has 0 saturated carbocycles. The van der Waals surface area contributed by atoms with Crippen LogP contribution in [-0.4, -0.2) is 36.0 Å². The van der Waals surface area contributed by atoms with Gasteiger partial charge < -0.3 is 9.64 Å². The van der Waals surface area contributed by atoms with Crippen LogP contribution in [0.15, 0.2) is 18.2 Å². The van der Waals surface area contributed by atoms with Gasteiger partial charge >= 0.3 is 5.97 Å². The third kappa shape index (κ3) is 2.55. The van der Waals surface area contributed by atoms with Crippen molar-refractivity contribution in [1.82, 2.24) is 4.90 Å². The minimum absolute atomic E-state index is 0.0193. The molecule has 108 valence electrons. The Morgan fingerprint density at radius 2 is 1.85 bits per heavy atom. The number of methoxy groups -OCH3 is 1. The topological polar surface area (TPSA) is 46.6 Å². The molecule has 1 aromatic carbocycles. The molecule has 1 aliphatic rings. The van der Waals surface area contributed by atoms with E-state index in [1.165, 1.54) is 7.11 Å². The average Bonchev–Trinajstić information content (AvgIpc) is 2.34. The fourth-order valence-electron chi connectivity index (χ4n) is 2.83. The smallest absolute Gasteiger partial charge is 0.331 e. The van der Waals surface area contributed by atoms with Crippen molar-refractivity contribution in [3.8, 4) is 0 Å². The molecular formula is C16H21NO3. The molecule has 20 heavy (non-hydrogen) atoms. The van der Waals surface area contributed by atoms with Crippen molar-refractivity contribution >= 4 is 11.9 Å². The Morgan fingerprint density at radius 1 is 1.25 bits per heavy atom. The van der Waals surface area contributed by atoms with Crippen molar-refractivity contribution in [3.05, 3.63) is 34.9 Å². The van der Waals surface area contributed by atoms with Crippen molar-refractivity contribution in [1.29, 1.82) is 0 Å². The maximum absolute atomic E-state index is 12.4. The number of carbonyl (C=O) groups excluding carboxylic acids is 2. The molecule has 0 aliphatic carbocycles. The molecule has 0 spiro atoms. The second-order valence-corrected chi connectivity index (χ2v) is 5.73. The van der Waals surface area contributed by atoms with Gasteiger partial charge in [0.15, 0.2) is 0 Å². The summed E-state index contributed by atoms with van der Waals surface area (Å²) in [5, 5.41) is 0. The van der Waals surface area contributed by atoms with Crippen LogP contribution < -0.4 is 0 Å². The van der Waals surface area contributed by atoms with E-state index < -0.39 is 5.54 Å². The van der Waals surface area contributed by atoms with Crippen molar-refractivity contribution < 1.29 is 14.3 Å². The molecule has 4 nitrogen and oxygen atoms in total. The van der Waals surface area contributed by atoms with E-state index in [0.29, 0.717) is 19.4 Å². The first kappa shape index (κ1) is 14.6. The normalized spacial score (nSPS) is 21.3. The standard InChI is InChI=1S/C16H21NO3/c1-11-7-12(2)9-13(8-11)10-14(18)17-6-5-16(17,3)15(19)20-4/h7-9H,5-6,10H2,1-4H3. The third-order valence-corrected chi connectivity index (χ3v) is 3.98. The number of esters is 1. The Kier molecular flexibility index (Phi) is 3.84. The second kappa shape index (κ2) is 5.27. The van der Waals surface area contributed by atoms with Gasteiger partial charge in [-0.15, -0.1) is 0 Å². The van der Waals surface area contributed by atoms with Crippen LogP contribution in [-0.2, 0) is 20.7 Å². The van der Waals surface area contributed by atoms with Gasteiger partial charge in [-0.25, -0.2) is 4.79 Å². The Bertz CT molecular complexity index is 532. The quantitative estimate of drug-likeness (QED) is 0.793. The molecule has 0 radical (unpaired) electrons. The Balaban J connectivity index is 2.11. The molecule has 0 N–H and O–H groups in total. The van der Waals surface area contributed by atoms with Crippen LogP contribution in [0.3, 0.4) is 0 Å². The van der Waals surface area contributed by atoms with Crippen LogP contribution in [0.4, 0.5) is 0 Å². The number of amides is 1. The Labute approximate surface area is 119 Å². The van der Waals surface area contributed by atoms with Gasteiger partial charge in [0.1, 0.15) is 5.54 Å². The molecule has 1 heterocycles. The number of ether oxygens (including phenoxy) is 1. The van der Waals surface area contributed by atoms with Crippen LogP contribution >= 0.6 is 0 Å². The van der Waals surface area contributed by atoms with Gasteiger partial charge in [0, 0.05) is 6.54 Å². The van der Waals surface area contributed by atoms with Crippen molar-refractivity contribution in [2.45, 2.75) is 39.2 Å². The number of aryl methyl sites for hydroxylation is 2. The number of rotatable bonds is 3. The van der Waals surface area contributed by atoms with Crippen LogP contribution in [0.5, 0.6) is 0 Å². The molecule has 1 unspecified atom stereocenters. The lowest BCUT2D eigenvalue weighted by Gasteiger charge is -2.48. The van der Waals surface area contributed by atoms with Crippen molar-refractivity contribution in [2.75, 3.05) is 13.7 Å². The van der Waals surface area contributed by atoms with Gasteiger partial charge in [0.2, 0.25) is 5.91 Å². The number of benzene rings is 1. The minimum Gasteiger partial charge on any atom is -0.467 e. The molecule has 0 bridgehead atoms. The molecule has 1 fully saturated rings. The summed E-state index contributed by atoms with van der Waals surface area (Å²) in [5.41, 5.74) is 2.50. The highest BCUT2D eigenvalue weighted by molar-refractivity contribution is 5.90. The molecular weight excluding hydrogens is 254 g/mol. The van der Waals surface area contributed by atoms with Crippen molar-refractivity contribution in [3.63, 3.8) is 0 Å². The highest BCUT2D eigenvalue weighted by Gasteiger charge is 2.50. The maximum Gasteiger partial charge on any atom is 0.331 e. The molecule has 4 heteroatoms. The first-order valence-electron chi connectivity index (χ1n) is 6.83. The average molecular weight is 275 g/mol. The van der Waals surface area contributed by atoms with Gasteiger partial charge in [-0.05, 0) is 32.8 Å². The largest absolute Gasteiger partial charge is 0.467 e. The Hall–Kier alpha value is -1.84. The molecule has 1 aromatic rings. The van der Waals surface area contributed by atoms with Gasteiger partial charge in [0.05, 0.1) is 13.5 Å². The zero-order chi connectivity index (χ0) is 14.9. The van der Waals surface area contributed by atoms with Gasteiger partial charge in [-0.3, -0.25) is 4.79 Å². The van der Waals surface area contributed by atoms with E-state index in [1.54, 1.807) is 11.8 Å². The second-order valence-electron chi connectivity index (χ2n) is 5.73. The van der Waals surface area contributed by atoms with Crippen molar-refractivity contribution in [2.24, 2.45) is 0 Å². The summed E-state index contributed by atoms with van der Waals surface area (Å²) in [6, 6.07) is 6.11. The highest BCUT2D eigenvalue weighted by Crippen LogP contribution is 2.32.